The molecule has 0 unspecified atom stereocenters. The summed E-state index contributed by atoms with van der Waals surface area (Å²) in [6.45, 7) is 5.11. The number of aromatic nitrogens is 3. The van der Waals surface area contributed by atoms with Crippen molar-refractivity contribution in [1.29, 1.82) is 0 Å². The first kappa shape index (κ1) is 14.2. The molecule has 20 heavy (non-hydrogen) atoms. The van der Waals surface area contributed by atoms with Gasteiger partial charge < -0.3 is 5.32 Å². The lowest BCUT2D eigenvalue weighted by Gasteiger charge is -2.11. The summed E-state index contributed by atoms with van der Waals surface area (Å²) in [5.41, 5.74) is 2.09. The molecule has 1 N–H and O–H groups in total. The number of nitrogens with zero attached hydrogens (tertiary/aromatic N) is 3. The highest BCUT2D eigenvalue weighted by Gasteiger charge is 2.29. The minimum atomic E-state index is 0.616. The van der Waals surface area contributed by atoms with Crippen LogP contribution in [0.2, 0.25) is 0 Å². The molecule has 3 rings (SSSR count). The van der Waals surface area contributed by atoms with E-state index in [4.69, 9.17) is 4.98 Å². The van der Waals surface area contributed by atoms with Gasteiger partial charge in [0.2, 0.25) is 0 Å². The molecule has 0 atom stereocenters. The predicted octanol–water partition coefficient (Wildman–Crippen LogP) is 4.21. The van der Waals surface area contributed by atoms with Crippen molar-refractivity contribution >= 4 is 39.7 Å². The van der Waals surface area contributed by atoms with Crippen LogP contribution in [0, 0.1) is 10.5 Å². The fourth-order valence-corrected chi connectivity index (χ4v) is 3.50. The molecule has 0 amide bonds. The number of halogens is 1. The Morgan fingerprint density at radius 2 is 2.15 bits per heavy atom. The second kappa shape index (κ2) is 5.93. The Morgan fingerprint density at radius 3 is 2.75 bits per heavy atom. The SMILES string of the molecule is CCCNc1nc(-c2csc(C)n2)nc(C2CC2)c1I. The van der Waals surface area contributed by atoms with Gasteiger partial charge in [-0.15, -0.1) is 11.3 Å². The van der Waals surface area contributed by atoms with Crippen LogP contribution in [0.25, 0.3) is 11.5 Å². The van der Waals surface area contributed by atoms with Crippen LogP contribution in [0.15, 0.2) is 5.38 Å². The number of hydrogen-bond acceptors (Lipinski definition) is 5. The van der Waals surface area contributed by atoms with Crippen molar-refractivity contribution in [2.24, 2.45) is 0 Å². The Labute approximate surface area is 136 Å². The summed E-state index contributed by atoms with van der Waals surface area (Å²) in [6.07, 6.45) is 3.58. The van der Waals surface area contributed by atoms with Gasteiger partial charge >= 0.3 is 0 Å². The standard InChI is InChI=1S/C14H17IN4S/c1-3-6-16-14-11(15)12(9-4-5-9)18-13(19-14)10-7-20-8(2)17-10/h7,9H,3-6H2,1-2H3,(H,16,18,19). The first-order chi connectivity index (χ1) is 9.69. The summed E-state index contributed by atoms with van der Waals surface area (Å²) in [6, 6.07) is 0. The monoisotopic (exact) mass is 400 g/mol. The molecule has 0 aliphatic heterocycles. The number of thiazole rings is 1. The lowest BCUT2D eigenvalue weighted by atomic mass is 10.2. The smallest absolute Gasteiger partial charge is 0.181 e. The molecule has 2 aromatic heterocycles. The maximum Gasteiger partial charge on any atom is 0.181 e. The van der Waals surface area contributed by atoms with E-state index >= 15 is 0 Å². The third-order valence-electron chi connectivity index (χ3n) is 3.23. The zero-order chi connectivity index (χ0) is 14.1. The molecular formula is C14H17IN4S. The third-order valence-corrected chi connectivity index (χ3v) is 5.07. The average molecular weight is 400 g/mol. The largest absolute Gasteiger partial charge is 0.369 e. The highest BCUT2D eigenvalue weighted by molar-refractivity contribution is 14.1. The van der Waals surface area contributed by atoms with E-state index in [9.17, 15) is 0 Å². The lowest BCUT2D eigenvalue weighted by Crippen LogP contribution is -2.09. The van der Waals surface area contributed by atoms with E-state index in [2.05, 4.69) is 44.8 Å². The molecule has 1 aliphatic carbocycles. The topological polar surface area (TPSA) is 50.7 Å². The first-order valence-corrected chi connectivity index (χ1v) is 8.88. The molecule has 6 heteroatoms. The molecule has 0 spiro atoms. The maximum atomic E-state index is 4.77. The van der Waals surface area contributed by atoms with Crippen molar-refractivity contribution in [1.82, 2.24) is 15.0 Å². The molecule has 4 nitrogen and oxygen atoms in total. The van der Waals surface area contributed by atoms with Gasteiger partial charge in [-0.2, -0.15) is 0 Å². The molecule has 0 radical (unpaired) electrons. The van der Waals surface area contributed by atoms with E-state index in [1.54, 1.807) is 11.3 Å². The van der Waals surface area contributed by atoms with Crippen LogP contribution in [0.1, 0.15) is 42.8 Å². The van der Waals surface area contributed by atoms with Crippen LogP contribution in [-0.4, -0.2) is 21.5 Å². The molecular weight excluding hydrogens is 383 g/mol. The summed E-state index contributed by atoms with van der Waals surface area (Å²) in [5.74, 6) is 2.34. The number of nitrogens with one attached hydrogen (secondary N) is 1. The van der Waals surface area contributed by atoms with Crippen LogP contribution in [-0.2, 0) is 0 Å². The van der Waals surface area contributed by atoms with Gasteiger partial charge in [-0.05, 0) is 48.8 Å². The fraction of sp³-hybridized carbons (Fsp3) is 0.500. The Kier molecular flexibility index (Phi) is 4.21. The highest BCUT2D eigenvalue weighted by atomic mass is 127. The fourth-order valence-electron chi connectivity index (χ4n) is 2.03. The Bertz CT molecular complexity index is 622. The van der Waals surface area contributed by atoms with Crippen molar-refractivity contribution in [2.75, 3.05) is 11.9 Å². The zero-order valence-electron chi connectivity index (χ0n) is 11.6. The minimum Gasteiger partial charge on any atom is -0.369 e. The molecule has 2 aromatic rings. The summed E-state index contributed by atoms with van der Waals surface area (Å²) in [7, 11) is 0. The Hall–Kier alpha value is -0.760. The van der Waals surface area contributed by atoms with Crippen molar-refractivity contribution in [2.45, 2.75) is 39.0 Å². The molecule has 2 heterocycles. The number of hydrogen-bond donors (Lipinski definition) is 1. The second-order valence-electron chi connectivity index (χ2n) is 5.05. The van der Waals surface area contributed by atoms with Crippen LogP contribution in [0.3, 0.4) is 0 Å². The van der Waals surface area contributed by atoms with Crippen molar-refractivity contribution < 1.29 is 0 Å². The van der Waals surface area contributed by atoms with Gasteiger partial charge in [0.25, 0.3) is 0 Å². The summed E-state index contributed by atoms with van der Waals surface area (Å²) in [5, 5.41) is 6.51. The predicted molar refractivity (Wildman–Crippen MR) is 91.3 cm³/mol. The van der Waals surface area contributed by atoms with Gasteiger partial charge in [0.15, 0.2) is 5.82 Å². The molecule has 1 saturated carbocycles. The van der Waals surface area contributed by atoms with Gasteiger partial charge in [-0.1, -0.05) is 6.92 Å². The quantitative estimate of drug-likeness (QED) is 0.764. The molecule has 106 valence electrons. The summed E-state index contributed by atoms with van der Waals surface area (Å²) < 4.78 is 1.18. The van der Waals surface area contributed by atoms with Gasteiger partial charge in [-0.3, -0.25) is 0 Å². The molecule has 1 fully saturated rings. The summed E-state index contributed by atoms with van der Waals surface area (Å²) in [4.78, 5) is 14.0. The minimum absolute atomic E-state index is 0.616. The maximum absolute atomic E-state index is 4.77. The lowest BCUT2D eigenvalue weighted by molar-refractivity contribution is 0.936. The van der Waals surface area contributed by atoms with Crippen LogP contribution >= 0.6 is 33.9 Å². The van der Waals surface area contributed by atoms with E-state index in [-0.39, 0.29) is 0 Å². The number of rotatable bonds is 5. The van der Waals surface area contributed by atoms with Gasteiger partial charge in [0, 0.05) is 17.8 Å². The normalized spacial score (nSPS) is 14.6. The van der Waals surface area contributed by atoms with E-state index in [1.165, 1.54) is 22.1 Å². The van der Waals surface area contributed by atoms with Crippen LogP contribution in [0.4, 0.5) is 5.82 Å². The van der Waals surface area contributed by atoms with E-state index in [1.807, 2.05) is 12.3 Å². The van der Waals surface area contributed by atoms with E-state index < -0.39 is 0 Å². The van der Waals surface area contributed by atoms with Crippen molar-refractivity contribution in [3.8, 4) is 11.5 Å². The Morgan fingerprint density at radius 1 is 1.35 bits per heavy atom. The van der Waals surface area contributed by atoms with E-state index in [0.29, 0.717) is 5.92 Å². The Balaban J connectivity index is 2.03. The van der Waals surface area contributed by atoms with Gasteiger partial charge in [0.05, 0.1) is 14.3 Å². The first-order valence-electron chi connectivity index (χ1n) is 6.92. The highest BCUT2D eigenvalue weighted by Crippen LogP contribution is 2.42. The summed E-state index contributed by atoms with van der Waals surface area (Å²) >= 11 is 4.02. The third kappa shape index (κ3) is 2.95. The molecule has 0 bridgehead atoms. The average Bonchev–Trinajstić information content (AvgIpc) is 3.19. The second-order valence-corrected chi connectivity index (χ2v) is 7.19. The molecule has 0 saturated heterocycles. The van der Waals surface area contributed by atoms with E-state index in [0.717, 1.165) is 35.3 Å². The van der Waals surface area contributed by atoms with Crippen LogP contribution < -0.4 is 5.32 Å². The van der Waals surface area contributed by atoms with Gasteiger partial charge in [-0.25, -0.2) is 15.0 Å². The zero-order valence-corrected chi connectivity index (χ0v) is 14.6. The van der Waals surface area contributed by atoms with Crippen molar-refractivity contribution in [3.63, 3.8) is 0 Å². The number of aryl methyl sites for hydroxylation is 1. The molecule has 0 aromatic carbocycles. The van der Waals surface area contributed by atoms with Gasteiger partial charge in [0.1, 0.15) is 11.5 Å². The number of anilines is 1. The van der Waals surface area contributed by atoms with Crippen LogP contribution in [0.5, 0.6) is 0 Å². The van der Waals surface area contributed by atoms with Crippen molar-refractivity contribution in [3.05, 3.63) is 19.7 Å². The molecule has 1 aliphatic rings.